The third-order valence-corrected chi connectivity index (χ3v) is 3.97. The molecular weight excluding hydrogens is 254 g/mol. The molecule has 1 aliphatic rings. The minimum Gasteiger partial charge on any atom is -0.395 e. The zero-order valence-electron chi connectivity index (χ0n) is 12.4. The van der Waals surface area contributed by atoms with E-state index in [-0.39, 0.29) is 6.61 Å². The molecule has 0 aliphatic carbocycles. The molecule has 20 heavy (non-hydrogen) atoms. The number of rotatable bonds is 5. The van der Waals surface area contributed by atoms with Crippen LogP contribution < -0.4 is 15.5 Å². The molecule has 3 N–H and O–H groups in total. The molecule has 0 amide bonds. The fourth-order valence-corrected chi connectivity index (χ4v) is 2.81. The number of anilines is 3. The van der Waals surface area contributed by atoms with Crippen LogP contribution >= 0.6 is 0 Å². The summed E-state index contributed by atoms with van der Waals surface area (Å²) in [5, 5.41) is 9.14. The molecule has 6 heteroatoms. The van der Waals surface area contributed by atoms with Gasteiger partial charge in [0.15, 0.2) is 11.6 Å². The van der Waals surface area contributed by atoms with E-state index in [1.165, 1.54) is 19.3 Å². The van der Waals surface area contributed by atoms with Crippen molar-refractivity contribution in [3.63, 3.8) is 0 Å². The highest BCUT2D eigenvalue weighted by molar-refractivity contribution is 5.76. The predicted molar refractivity (Wildman–Crippen MR) is 82.1 cm³/mol. The molecule has 1 saturated heterocycles. The number of likely N-dealkylation sites (N-methyl/N-ethyl adjacent to an activating group) is 1. The van der Waals surface area contributed by atoms with Gasteiger partial charge in [0.2, 0.25) is 0 Å². The van der Waals surface area contributed by atoms with E-state index in [0.717, 1.165) is 24.7 Å². The van der Waals surface area contributed by atoms with E-state index in [9.17, 15) is 0 Å². The van der Waals surface area contributed by atoms with Crippen molar-refractivity contribution in [2.75, 3.05) is 41.8 Å². The van der Waals surface area contributed by atoms with Crippen LogP contribution in [0.25, 0.3) is 0 Å². The number of nitrogens with zero attached hydrogens (tertiary/aromatic N) is 4. The van der Waals surface area contributed by atoms with E-state index in [1.807, 2.05) is 11.8 Å². The van der Waals surface area contributed by atoms with Crippen LogP contribution in [0.5, 0.6) is 0 Å². The molecule has 0 aromatic carbocycles. The van der Waals surface area contributed by atoms with E-state index in [4.69, 9.17) is 10.8 Å². The topological polar surface area (TPSA) is 78.5 Å². The Morgan fingerprint density at radius 3 is 2.90 bits per heavy atom. The van der Waals surface area contributed by atoms with E-state index >= 15 is 0 Å². The zero-order chi connectivity index (χ0) is 14.5. The molecule has 1 aromatic rings. The third-order valence-electron chi connectivity index (χ3n) is 3.97. The van der Waals surface area contributed by atoms with Crippen molar-refractivity contribution in [3.05, 3.63) is 6.33 Å². The van der Waals surface area contributed by atoms with Crippen molar-refractivity contribution in [3.8, 4) is 0 Å². The fraction of sp³-hybridized carbons (Fsp3) is 0.714. The highest BCUT2D eigenvalue weighted by Gasteiger charge is 2.24. The number of hydrogen-bond acceptors (Lipinski definition) is 6. The first-order chi connectivity index (χ1) is 9.69. The SMILES string of the molecule is CCN(CCO)c1ncnc(N2CCCCC2C)c1N. The summed E-state index contributed by atoms with van der Waals surface area (Å²) in [4.78, 5) is 12.9. The molecule has 0 bridgehead atoms. The van der Waals surface area contributed by atoms with Crippen molar-refractivity contribution < 1.29 is 5.11 Å². The Hall–Kier alpha value is -1.56. The predicted octanol–water partition coefficient (Wildman–Crippen LogP) is 1.26. The standard InChI is InChI=1S/C14H25N5O/c1-3-18(8-9-20)13-12(15)14(17-10-16-13)19-7-5-4-6-11(19)2/h10-11,20H,3-9,15H2,1-2H3. The molecule has 1 atom stereocenters. The lowest BCUT2D eigenvalue weighted by atomic mass is 10.0. The van der Waals surface area contributed by atoms with Crippen LogP contribution in [0.3, 0.4) is 0 Å². The van der Waals surface area contributed by atoms with Crippen molar-refractivity contribution in [1.29, 1.82) is 0 Å². The van der Waals surface area contributed by atoms with Gasteiger partial charge in [0, 0.05) is 25.7 Å². The summed E-state index contributed by atoms with van der Waals surface area (Å²) in [6.07, 6.45) is 5.19. The summed E-state index contributed by atoms with van der Waals surface area (Å²) in [5.41, 5.74) is 6.91. The number of piperidine rings is 1. The fourth-order valence-electron chi connectivity index (χ4n) is 2.81. The van der Waals surface area contributed by atoms with Gasteiger partial charge in [0.05, 0.1) is 6.61 Å². The first-order valence-corrected chi connectivity index (χ1v) is 7.42. The Labute approximate surface area is 120 Å². The molecule has 1 fully saturated rings. The van der Waals surface area contributed by atoms with Crippen molar-refractivity contribution in [1.82, 2.24) is 9.97 Å². The van der Waals surface area contributed by atoms with E-state index in [0.29, 0.717) is 18.3 Å². The summed E-state index contributed by atoms with van der Waals surface area (Å²) in [7, 11) is 0. The second kappa shape index (κ2) is 6.74. The van der Waals surface area contributed by atoms with Crippen LogP contribution in [0, 0.1) is 0 Å². The maximum Gasteiger partial charge on any atom is 0.157 e. The molecule has 0 radical (unpaired) electrons. The zero-order valence-corrected chi connectivity index (χ0v) is 12.4. The molecule has 2 heterocycles. The summed E-state index contributed by atoms with van der Waals surface area (Å²) < 4.78 is 0. The van der Waals surface area contributed by atoms with Gasteiger partial charge in [-0.3, -0.25) is 0 Å². The first-order valence-electron chi connectivity index (χ1n) is 7.42. The van der Waals surface area contributed by atoms with Crippen LogP contribution in [0.4, 0.5) is 17.3 Å². The summed E-state index contributed by atoms with van der Waals surface area (Å²) in [6.45, 7) is 6.62. The van der Waals surface area contributed by atoms with Gasteiger partial charge in [-0.2, -0.15) is 0 Å². The van der Waals surface area contributed by atoms with Crippen molar-refractivity contribution >= 4 is 17.3 Å². The van der Waals surface area contributed by atoms with E-state index in [2.05, 4.69) is 21.8 Å². The lowest BCUT2D eigenvalue weighted by Crippen LogP contribution is -2.39. The second-order valence-electron chi connectivity index (χ2n) is 5.28. The minimum atomic E-state index is 0.0900. The van der Waals surface area contributed by atoms with Crippen LogP contribution in [0.1, 0.15) is 33.1 Å². The Bertz CT molecular complexity index is 440. The lowest BCUT2D eigenvalue weighted by Gasteiger charge is -2.35. The summed E-state index contributed by atoms with van der Waals surface area (Å²) >= 11 is 0. The molecular formula is C14H25N5O. The monoisotopic (exact) mass is 279 g/mol. The van der Waals surface area contributed by atoms with Gasteiger partial charge in [-0.15, -0.1) is 0 Å². The maximum absolute atomic E-state index is 9.14. The van der Waals surface area contributed by atoms with Gasteiger partial charge in [0.1, 0.15) is 12.0 Å². The average Bonchev–Trinajstić information content (AvgIpc) is 2.46. The van der Waals surface area contributed by atoms with Crippen LogP contribution in [0.15, 0.2) is 6.33 Å². The summed E-state index contributed by atoms with van der Waals surface area (Å²) in [6, 6.07) is 0.460. The van der Waals surface area contributed by atoms with Gasteiger partial charge in [-0.25, -0.2) is 9.97 Å². The van der Waals surface area contributed by atoms with Gasteiger partial charge in [-0.1, -0.05) is 0 Å². The second-order valence-corrected chi connectivity index (χ2v) is 5.28. The van der Waals surface area contributed by atoms with Gasteiger partial charge in [-0.05, 0) is 33.1 Å². The number of nitrogens with two attached hydrogens (primary N) is 1. The molecule has 6 nitrogen and oxygen atoms in total. The summed E-state index contributed by atoms with van der Waals surface area (Å²) in [5.74, 6) is 1.56. The Balaban J connectivity index is 2.30. The maximum atomic E-state index is 9.14. The molecule has 1 unspecified atom stereocenters. The van der Waals surface area contributed by atoms with Crippen molar-refractivity contribution in [2.45, 2.75) is 39.2 Å². The third kappa shape index (κ3) is 2.95. The van der Waals surface area contributed by atoms with Crippen LogP contribution in [-0.2, 0) is 0 Å². The highest BCUT2D eigenvalue weighted by Crippen LogP contribution is 2.32. The van der Waals surface area contributed by atoms with E-state index < -0.39 is 0 Å². The van der Waals surface area contributed by atoms with Gasteiger partial charge in [0.25, 0.3) is 0 Å². The smallest absolute Gasteiger partial charge is 0.157 e. The largest absolute Gasteiger partial charge is 0.395 e. The van der Waals surface area contributed by atoms with Crippen molar-refractivity contribution in [2.24, 2.45) is 0 Å². The first kappa shape index (κ1) is 14.8. The normalized spacial score (nSPS) is 19.1. The molecule has 112 valence electrons. The number of aromatic nitrogens is 2. The number of aliphatic hydroxyl groups excluding tert-OH is 1. The average molecular weight is 279 g/mol. The molecule has 1 aliphatic heterocycles. The molecule has 0 saturated carbocycles. The number of hydrogen-bond donors (Lipinski definition) is 2. The van der Waals surface area contributed by atoms with Crippen LogP contribution in [0.2, 0.25) is 0 Å². The Morgan fingerprint density at radius 2 is 2.25 bits per heavy atom. The highest BCUT2D eigenvalue weighted by atomic mass is 16.3. The Morgan fingerprint density at radius 1 is 1.45 bits per heavy atom. The minimum absolute atomic E-state index is 0.0900. The van der Waals surface area contributed by atoms with E-state index in [1.54, 1.807) is 6.33 Å². The van der Waals surface area contributed by atoms with Gasteiger partial charge >= 0.3 is 0 Å². The van der Waals surface area contributed by atoms with Gasteiger partial charge < -0.3 is 20.6 Å². The molecule has 0 spiro atoms. The van der Waals surface area contributed by atoms with Crippen LogP contribution in [-0.4, -0.2) is 47.4 Å². The Kier molecular flexibility index (Phi) is 5.00. The molecule has 1 aromatic heterocycles. The number of nitrogen functional groups attached to an aromatic ring is 1. The lowest BCUT2D eigenvalue weighted by molar-refractivity contribution is 0.302. The molecule has 2 rings (SSSR count). The quantitative estimate of drug-likeness (QED) is 0.844. The number of aliphatic hydroxyl groups is 1.